The van der Waals surface area contributed by atoms with Gasteiger partial charge in [-0.05, 0) is 36.1 Å². The van der Waals surface area contributed by atoms with E-state index in [2.05, 4.69) is 45.4 Å². The van der Waals surface area contributed by atoms with Crippen LogP contribution in [0.3, 0.4) is 0 Å². The van der Waals surface area contributed by atoms with Crippen molar-refractivity contribution in [3.63, 3.8) is 0 Å². The zero-order valence-electron chi connectivity index (χ0n) is 17.5. The van der Waals surface area contributed by atoms with Gasteiger partial charge < -0.3 is 25.4 Å². The van der Waals surface area contributed by atoms with Crippen LogP contribution in [-0.4, -0.2) is 45.7 Å². The predicted molar refractivity (Wildman–Crippen MR) is 118 cm³/mol. The van der Waals surface area contributed by atoms with Gasteiger partial charge in [-0.3, -0.25) is 9.79 Å². The van der Waals surface area contributed by atoms with E-state index >= 15 is 0 Å². The molecule has 0 aliphatic heterocycles. The molecule has 0 saturated carbocycles. The summed E-state index contributed by atoms with van der Waals surface area (Å²) in [5, 5.41) is 11.5. The molecular formula is C21H30N4O3S. The number of likely N-dealkylation sites (N-methyl/N-ethyl adjacent to an activating group) is 1. The Kier molecular flexibility index (Phi) is 9.30. The van der Waals surface area contributed by atoms with Crippen molar-refractivity contribution >= 4 is 23.2 Å². The second-order valence-corrected chi connectivity index (χ2v) is 7.43. The average Bonchev–Trinajstić information content (AvgIpc) is 3.27. The molecule has 2 aromatic rings. The lowest BCUT2D eigenvalue weighted by Gasteiger charge is -2.16. The number of benzene rings is 1. The topological polar surface area (TPSA) is 84.0 Å². The highest BCUT2D eigenvalue weighted by molar-refractivity contribution is 7.10. The van der Waals surface area contributed by atoms with Gasteiger partial charge in [0.15, 0.2) is 24.1 Å². The molecule has 8 heteroatoms. The summed E-state index contributed by atoms with van der Waals surface area (Å²) in [5.74, 6) is 2.11. The van der Waals surface area contributed by atoms with Crippen LogP contribution in [0.2, 0.25) is 0 Å². The van der Waals surface area contributed by atoms with E-state index in [0.29, 0.717) is 30.5 Å². The predicted octanol–water partition coefficient (Wildman–Crippen LogP) is 2.74. The van der Waals surface area contributed by atoms with E-state index in [4.69, 9.17) is 9.47 Å². The molecule has 1 atom stereocenters. The van der Waals surface area contributed by atoms with E-state index < -0.39 is 0 Å². The van der Waals surface area contributed by atoms with Gasteiger partial charge in [0, 0.05) is 37.5 Å². The summed E-state index contributed by atoms with van der Waals surface area (Å²) in [6, 6.07) is 9.85. The molecule has 0 spiro atoms. The maximum atomic E-state index is 11.6. The molecule has 29 heavy (non-hydrogen) atoms. The Bertz CT molecular complexity index is 793. The molecule has 0 saturated heterocycles. The summed E-state index contributed by atoms with van der Waals surface area (Å²) in [6.45, 7) is 5.98. The molecule has 0 aliphatic carbocycles. The van der Waals surface area contributed by atoms with Gasteiger partial charge in [0.05, 0.1) is 7.11 Å². The van der Waals surface area contributed by atoms with Crippen LogP contribution in [0.5, 0.6) is 11.5 Å². The number of nitrogens with zero attached hydrogens (tertiary/aromatic N) is 1. The number of guanidine groups is 1. The molecule has 1 aromatic carbocycles. The average molecular weight is 419 g/mol. The number of rotatable bonds is 10. The van der Waals surface area contributed by atoms with Crippen molar-refractivity contribution in [3.05, 3.63) is 46.2 Å². The molecule has 1 unspecified atom stereocenters. The minimum Gasteiger partial charge on any atom is -0.493 e. The highest BCUT2D eigenvalue weighted by Gasteiger charge is 2.10. The molecule has 7 nitrogen and oxygen atoms in total. The van der Waals surface area contributed by atoms with Gasteiger partial charge in [-0.2, -0.15) is 0 Å². The number of methoxy groups -OCH3 is 1. The van der Waals surface area contributed by atoms with Crippen molar-refractivity contribution in [2.24, 2.45) is 4.99 Å². The first-order valence-corrected chi connectivity index (χ1v) is 10.5. The Morgan fingerprint density at radius 2 is 2.03 bits per heavy atom. The van der Waals surface area contributed by atoms with Crippen LogP contribution in [0.4, 0.5) is 0 Å². The molecule has 0 bridgehead atoms. The van der Waals surface area contributed by atoms with E-state index in [9.17, 15) is 4.79 Å². The maximum absolute atomic E-state index is 11.6. The van der Waals surface area contributed by atoms with E-state index in [1.807, 2.05) is 25.1 Å². The third-order valence-electron chi connectivity index (χ3n) is 4.25. The summed E-state index contributed by atoms with van der Waals surface area (Å²) >= 11 is 1.76. The first kappa shape index (κ1) is 22.5. The van der Waals surface area contributed by atoms with Crippen LogP contribution >= 0.6 is 11.3 Å². The molecule has 1 amide bonds. The number of hydrogen-bond acceptors (Lipinski definition) is 5. The van der Waals surface area contributed by atoms with Crippen LogP contribution < -0.4 is 25.4 Å². The normalized spacial score (nSPS) is 12.2. The third kappa shape index (κ3) is 7.30. The number of nitrogens with one attached hydrogen (secondary N) is 3. The summed E-state index contributed by atoms with van der Waals surface area (Å²) in [5.41, 5.74) is 1.02. The molecular weight excluding hydrogens is 388 g/mol. The van der Waals surface area contributed by atoms with Crippen molar-refractivity contribution in [2.75, 3.05) is 33.9 Å². The van der Waals surface area contributed by atoms with E-state index in [0.717, 1.165) is 18.1 Å². The lowest BCUT2D eigenvalue weighted by molar-refractivity contribution is -0.123. The van der Waals surface area contributed by atoms with Gasteiger partial charge in [0.25, 0.3) is 5.91 Å². The van der Waals surface area contributed by atoms with Gasteiger partial charge in [0.2, 0.25) is 0 Å². The van der Waals surface area contributed by atoms with Crippen LogP contribution in [-0.2, 0) is 11.3 Å². The number of thiophene rings is 1. The summed E-state index contributed by atoms with van der Waals surface area (Å²) in [6.07, 6.45) is 0. The smallest absolute Gasteiger partial charge is 0.257 e. The largest absolute Gasteiger partial charge is 0.493 e. The summed E-state index contributed by atoms with van der Waals surface area (Å²) < 4.78 is 11.0. The van der Waals surface area contributed by atoms with Gasteiger partial charge in [0.1, 0.15) is 0 Å². The van der Waals surface area contributed by atoms with Crippen molar-refractivity contribution in [1.82, 2.24) is 16.0 Å². The zero-order chi connectivity index (χ0) is 21.1. The molecule has 1 heterocycles. The molecule has 3 N–H and O–H groups in total. The molecule has 0 fully saturated rings. The Hall–Kier alpha value is -2.74. The van der Waals surface area contributed by atoms with Crippen molar-refractivity contribution in [3.8, 4) is 11.5 Å². The van der Waals surface area contributed by atoms with Crippen molar-refractivity contribution in [1.29, 1.82) is 0 Å². The van der Waals surface area contributed by atoms with Crippen LogP contribution in [0.15, 0.2) is 40.7 Å². The second kappa shape index (κ2) is 12.0. The molecule has 158 valence electrons. The monoisotopic (exact) mass is 418 g/mol. The minimum absolute atomic E-state index is 0.0409. The standard InChI is InChI=1S/C21H30N4O3S/c1-5-23-20(26)14-28-17-9-8-16(11-18(17)27-4)13-25-21(22-3)24-12-15(2)19-7-6-10-29-19/h6-11,15H,5,12-14H2,1-4H3,(H,23,26)(H2,22,24,25). The van der Waals surface area contributed by atoms with Crippen molar-refractivity contribution < 1.29 is 14.3 Å². The van der Waals surface area contributed by atoms with Crippen molar-refractivity contribution in [2.45, 2.75) is 26.3 Å². The van der Waals surface area contributed by atoms with E-state index in [1.165, 1.54) is 4.88 Å². The number of hydrogen-bond donors (Lipinski definition) is 3. The maximum Gasteiger partial charge on any atom is 0.257 e. The number of carbonyl (C=O) groups excluding carboxylic acids is 1. The molecule has 1 aromatic heterocycles. The Morgan fingerprint density at radius 3 is 2.69 bits per heavy atom. The summed E-state index contributed by atoms with van der Waals surface area (Å²) in [4.78, 5) is 17.2. The van der Waals surface area contributed by atoms with Crippen LogP contribution in [0.1, 0.15) is 30.2 Å². The number of ether oxygens (including phenoxy) is 2. The quantitative estimate of drug-likeness (QED) is 0.408. The van der Waals surface area contributed by atoms with Crippen LogP contribution in [0.25, 0.3) is 0 Å². The van der Waals surface area contributed by atoms with Gasteiger partial charge in [-0.15, -0.1) is 11.3 Å². The lowest BCUT2D eigenvalue weighted by Crippen LogP contribution is -2.38. The van der Waals surface area contributed by atoms with Gasteiger partial charge in [-0.25, -0.2) is 0 Å². The molecule has 0 aliphatic rings. The summed E-state index contributed by atoms with van der Waals surface area (Å²) in [7, 11) is 3.34. The van der Waals surface area contributed by atoms with Gasteiger partial charge >= 0.3 is 0 Å². The van der Waals surface area contributed by atoms with E-state index in [1.54, 1.807) is 25.5 Å². The zero-order valence-corrected chi connectivity index (χ0v) is 18.3. The van der Waals surface area contributed by atoms with E-state index in [-0.39, 0.29) is 12.5 Å². The highest BCUT2D eigenvalue weighted by atomic mass is 32.1. The number of aliphatic imine (C=N–C) groups is 1. The Labute approximate surface area is 176 Å². The SMILES string of the molecule is CCNC(=O)COc1ccc(CNC(=NC)NCC(C)c2cccs2)cc1OC. The Balaban J connectivity index is 1.87. The minimum atomic E-state index is -0.160. The first-order valence-electron chi connectivity index (χ1n) is 9.61. The number of carbonyl (C=O) groups is 1. The third-order valence-corrected chi connectivity index (χ3v) is 5.35. The number of amides is 1. The fraction of sp³-hybridized carbons (Fsp3) is 0.429. The lowest BCUT2D eigenvalue weighted by atomic mass is 10.1. The van der Waals surface area contributed by atoms with Gasteiger partial charge in [-0.1, -0.05) is 19.1 Å². The Morgan fingerprint density at radius 1 is 1.21 bits per heavy atom. The fourth-order valence-electron chi connectivity index (χ4n) is 2.66. The highest BCUT2D eigenvalue weighted by Crippen LogP contribution is 2.28. The first-order chi connectivity index (χ1) is 14.1. The van der Waals surface area contributed by atoms with Crippen LogP contribution in [0, 0.1) is 0 Å². The molecule has 0 radical (unpaired) electrons. The second-order valence-electron chi connectivity index (χ2n) is 6.45. The fourth-order valence-corrected chi connectivity index (χ4v) is 3.45. The molecule has 2 rings (SSSR count).